The molecule has 1 heterocycles. The Morgan fingerprint density at radius 1 is 1.14 bits per heavy atom. The Labute approximate surface area is 128 Å². The summed E-state index contributed by atoms with van der Waals surface area (Å²) in [6, 6.07) is 5.79. The van der Waals surface area contributed by atoms with E-state index in [9.17, 15) is 0 Å². The molecule has 2 aromatic rings. The van der Waals surface area contributed by atoms with E-state index in [1.165, 1.54) is 0 Å². The van der Waals surface area contributed by atoms with Crippen LogP contribution in [0.25, 0.3) is 0 Å². The lowest BCUT2D eigenvalue weighted by molar-refractivity contribution is 0.218. The summed E-state index contributed by atoms with van der Waals surface area (Å²) in [6.07, 6.45) is -0.0486. The Morgan fingerprint density at radius 2 is 1.86 bits per heavy atom. The van der Waals surface area contributed by atoms with Crippen molar-refractivity contribution in [3.05, 3.63) is 28.8 Å². The highest BCUT2D eigenvalue weighted by atomic mass is 35.5. The molecule has 1 aromatic carbocycles. The van der Waals surface area contributed by atoms with Crippen LogP contribution in [0.2, 0.25) is 5.02 Å². The molecule has 0 unspecified atom stereocenters. The van der Waals surface area contributed by atoms with Gasteiger partial charge in [-0.1, -0.05) is 17.7 Å². The van der Waals surface area contributed by atoms with Crippen LogP contribution in [0.15, 0.2) is 18.2 Å². The number of hydrogen-bond acceptors (Lipinski definition) is 6. The second kappa shape index (κ2) is 6.58. The molecule has 0 bridgehead atoms. The Hall–Kier alpha value is -2.08. The number of nitrogens with zero attached hydrogens (tertiary/aromatic N) is 3. The molecule has 0 aliphatic rings. The van der Waals surface area contributed by atoms with Gasteiger partial charge in [-0.3, -0.25) is 0 Å². The van der Waals surface area contributed by atoms with Crippen LogP contribution in [0.1, 0.15) is 19.4 Å². The van der Waals surface area contributed by atoms with Crippen molar-refractivity contribution >= 4 is 17.5 Å². The minimum Gasteiger partial charge on any atom is -0.461 e. The monoisotopic (exact) mass is 308 g/mol. The fourth-order valence-corrected chi connectivity index (χ4v) is 1.70. The zero-order valence-electron chi connectivity index (χ0n) is 12.3. The lowest BCUT2D eigenvalue weighted by Gasteiger charge is -2.11. The Kier molecular flexibility index (Phi) is 4.80. The lowest BCUT2D eigenvalue weighted by atomic mass is 10.2. The summed E-state index contributed by atoms with van der Waals surface area (Å²) >= 11 is 6.10. The molecule has 1 aromatic heterocycles. The number of aromatic nitrogens is 3. The highest BCUT2D eigenvalue weighted by molar-refractivity contribution is 6.32. The van der Waals surface area contributed by atoms with Gasteiger partial charge in [-0.2, -0.15) is 9.97 Å². The number of aryl methyl sites for hydroxylation is 1. The van der Waals surface area contributed by atoms with Crippen molar-refractivity contribution in [2.75, 3.05) is 12.4 Å². The molecule has 0 spiro atoms. The van der Waals surface area contributed by atoms with Crippen LogP contribution >= 0.6 is 11.6 Å². The average Bonchev–Trinajstić information content (AvgIpc) is 2.42. The Balaban J connectivity index is 2.32. The topological polar surface area (TPSA) is 69.2 Å². The van der Waals surface area contributed by atoms with E-state index in [0.717, 1.165) is 5.56 Å². The van der Waals surface area contributed by atoms with Gasteiger partial charge in [0.25, 0.3) is 0 Å². The number of ether oxygens (including phenoxy) is 2. The lowest BCUT2D eigenvalue weighted by Crippen LogP contribution is -2.11. The predicted octanol–water partition coefficient (Wildman–Crippen LogP) is 3.45. The third kappa shape index (κ3) is 4.19. The molecule has 1 N–H and O–H groups in total. The summed E-state index contributed by atoms with van der Waals surface area (Å²) in [7, 11) is 1.71. The first-order valence-electron chi connectivity index (χ1n) is 6.52. The molecule has 21 heavy (non-hydrogen) atoms. The van der Waals surface area contributed by atoms with Crippen molar-refractivity contribution in [3.63, 3.8) is 0 Å². The second-order valence-corrected chi connectivity index (χ2v) is 5.08. The Morgan fingerprint density at radius 3 is 2.52 bits per heavy atom. The molecule has 0 saturated carbocycles. The second-order valence-electron chi connectivity index (χ2n) is 4.68. The summed E-state index contributed by atoms with van der Waals surface area (Å²) in [5, 5.41) is 3.32. The molecule has 7 heteroatoms. The van der Waals surface area contributed by atoms with Gasteiger partial charge >= 0.3 is 12.0 Å². The van der Waals surface area contributed by atoms with Crippen molar-refractivity contribution < 1.29 is 9.47 Å². The molecule has 6 nitrogen and oxygen atoms in total. The smallest absolute Gasteiger partial charge is 0.330 e. The highest BCUT2D eigenvalue weighted by Crippen LogP contribution is 2.29. The third-order valence-corrected chi connectivity index (χ3v) is 2.76. The number of nitrogens with one attached hydrogen (secondary N) is 1. The fraction of sp³-hybridized carbons (Fsp3) is 0.357. The zero-order chi connectivity index (χ0) is 15.4. The minimum atomic E-state index is -0.0486. The maximum atomic E-state index is 6.10. The van der Waals surface area contributed by atoms with Crippen LogP contribution in [-0.4, -0.2) is 28.1 Å². The van der Waals surface area contributed by atoms with Crippen LogP contribution in [0.5, 0.6) is 17.8 Å². The van der Waals surface area contributed by atoms with E-state index < -0.39 is 0 Å². The van der Waals surface area contributed by atoms with Gasteiger partial charge in [0.1, 0.15) is 5.75 Å². The number of hydrogen-bond donors (Lipinski definition) is 1. The van der Waals surface area contributed by atoms with E-state index in [1.807, 2.05) is 32.9 Å². The largest absolute Gasteiger partial charge is 0.461 e. The van der Waals surface area contributed by atoms with Gasteiger partial charge < -0.3 is 14.8 Å². The summed E-state index contributed by atoms with van der Waals surface area (Å²) < 4.78 is 11.1. The SMILES string of the molecule is CNc1nc(Oc2cc(C)ccc2Cl)nc(OC(C)C)n1. The van der Waals surface area contributed by atoms with Gasteiger partial charge in [0, 0.05) is 7.05 Å². The first kappa shape index (κ1) is 15.3. The van der Waals surface area contributed by atoms with Crippen molar-refractivity contribution in [1.29, 1.82) is 0 Å². The third-order valence-electron chi connectivity index (χ3n) is 2.45. The van der Waals surface area contributed by atoms with Crippen LogP contribution in [-0.2, 0) is 0 Å². The Bertz CT molecular complexity index is 634. The minimum absolute atomic E-state index is 0.0486. The molecule has 0 radical (unpaired) electrons. The maximum absolute atomic E-state index is 6.10. The van der Waals surface area contributed by atoms with Gasteiger partial charge in [0.05, 0.1) is 11.1 Å². The van der Waals surface area contributed by atoms with Gasteiger partial charge in [0.2, 0.25) is 5.95 Å². The molecule has 0 fully saturated rings. The fourth-order valence-electron chi connectivity index (χ4n) is 1.55. The molecular formula is C14H17ClN4O2. The van der Waals surface area contributed by atoms with Crippen molar-refractivity contribution in [2.24, 2.45) is 0 Å². The first-order chi connectivity index (χ1) is 9.97. The van der Waals surface area contributed by atoms with Gasteiger partial charge in [-0.25, -0.2) is 0 Å². The molecule has 0 amide bonds. The van der Waals surface area contributed by atoms with Gasteiger partial charge in [-0.05, 0) is 38.5 Å². The van der Waals surface area contributed by atoms with E-state index in [-0.39, 0.29) is 18.1 Å². The van der Waals surface area contributed by atoms with Gasteiger partial charge in [0.15, 0.2) is 0 Å². The average molecular weight is 309 g/mol. The standard InChI is InChI=1S/C14H17ClN4O2/c1-8(2)20-13-17-12(16-4)18-14(19-13)21-11-7-9(3)5-6-10(11)15/h5-8H,1-4H3,(H,16,17,18,19). The van der Waals surface area contributed by atoms with Crippen LogP contribution in [0.3, 0.4) is 0 Å². The summed E-state index contributed by atoms with van der Waals surface area (Å²) in [6.45, 7) is 5.73. The van der Waals surface area contributed by atoms with Crippen LogP contribution in [0.4, 0.5) is 5.95 Å². The van der Waals surface area contributed by atoms with E-state index in [1.54, 1.807) is 13.1 Å². The summed E-state index contributed by atoms with van der Waals surface area (Å²) in [4.78, 5) is 12.4. The molecule has 0 saturated heterocycles. The van der Waals surface area contributed by atoms with Crippen LogP contribution in [0, 0.1) is 6.92 Å². The van der Waals surface area contributed by atoms with E-state index in [4.69, 9.17) is 21.1 Å². The first-order valence-corrected chi connectivity index (χ1v) is 6.90. The molecule has 2 rings (SSSR count). The zero-order valence-corrected chi connectivity index (χ0v) is 13.1. The normalized spacial score (nSPS) is 10.6. The molecule has 112 valence electrons. The number of halogens is 1. The number of anilines is 1. The molecule has 0 atom stereocenters. The predicted molar refractivity (Wildman–Crippen MR) is 81.4 cm³/mol. The summed E-state index contributed by atoms with van der Waals surface area (Å²) in [5.74, 6) is 0.847. The van der Waals surface area contributed by atoms with Crippen molar-refractivity contribution in [2.45, 2.75) is 26.9 Å². The van der Waals surface area contributed by atoms with Crippen LogP contribution < -0.4 is 14.8 Å². The van der Waals surface area contributed by atoms with E-state index >= 15 is 0 Å². The number of benzene rings is 1. The maximum Gasteiger partial charge on any atom is 0.330 e. The highest BCUT2D eigenvalue weighted by Gasteiger charge is 2.12. The van der Waals surface area contributed by atoms with E-state index in [0.29, 0.717) is 16.7 Å². The summed E-state index contributed by atoms with van der Waals surface area (Å²) in [5.41, 5.74) is 1.02. The molecule has 0 aliphatic carbocycles. The van der Waals surface area contributed by atoms with Crippen molar-refractivity contribution in [1.82, 2.24) is 15.0 Å². The quantitative estimate of drug-likeness (QED) is 0.912. The molecular weight excluding hydrogens is 292 g/mol. The number of rotatable bonds is 5. The molecule has 0 aliphatic heterocycles. The van der Waals surface area contributed by atoms with Crippen molar-refractivity contribution in [3.8, 4) is 17.8 Å². The van der Waals surface area contributed by atoms with Gasteiger partial charge in [-0.15, -0.1) is 4.98 Å². The van der Waals surface area contributed by atoms with E-state index in [2.05, 4.69) is 20.3 Å².